The van der Waals surface area contributed by atoms with Crippen LogP contribution < -0.4 is 9.62 Å². The van der Waals surface area contributed by atoms with Crippen molar-refractivity contribution < 1.29 is 8.42 Å². The van der Waals surface area contributed by atoms with Crippen molar-refractivity contribution in [3.63, 3.8) is 0 Å². The molecule has 0 saturated heterocycles. The molecule has 0 aliphatic heterocycles. The molecule has 0 bridgehead atoms. The number of nitrogens with zero attached hydrogens (tertiary/aromatic N) is 3. The zero-order valence-electron chi connectivity index (χ0n) is 11.2. The summed E-state index contributed by atoms with van der Waals surface area (Å²) >= 11 is 9.05. The summed E-state index contributed by atoms with van der Waals surface area (Å²) < 4.78 is 28.0. The SMILES string of the molecule is CN(C)c1ncc(Cl)cc1S(=O)(=O)Nc1ccnc(Br)c1. The monoisotopic (exact) mass is 390 g/mol. The maximum Gasteiger partial charge on any atom is 0.265 e. The second-order valence-corrected chi connectivity index (χ2v) is 7.24. The number of hydrogen-bond donors (Lipinski definition) is 1. The van der Waals surface area contributed by atoms with Gasteiger partial charge in [0.2, 0.25) is 0 Å². The Balaban J connectivity index is 2.47. The molecule has 21 heavy (non-hydrogen) atoms. The normalized spacial score (nSPS) is 11.2. The van der Waals surface area contributed by atoms with Crippen molar-refractivity contribution in [2.45, 2.75) is 4.90 Å². The fourth-order valence-electron chi connectivity index (χ4n) is 1.62. The van der Waals surface area contributed by atoms with Gasteiger partial charge in [-0.15, -0.1) is 0 Å². The molecule has 1 N–H and O–H groups in total. The van der Waals surface area contributed by atoms with E-state index < -0.39 is 10.0 Å². The number of halogens is 2. The fraction of sp³-hybridized carbons (Fsp3) is 0.167. The molecule has 0 amide bonds. The van der Waals surface area contributed by atoms with E-state index in [1.807, 2.05) is 0 Å². The Morgan fingerprint density at radius 1 is 1.29 bits per heavy atom. The highest BCUT2D eigenvalue weighted by Crippen LogP contribution is 2.26. The van der Waals surface area contributed by atoms with Crippen LogP contribution in [0.3, 0.4) is 0 Å². The molecule has 0 aliphatic rings. The van der Waals surface area contributed by atoms with E-state index >= 15 is 0 Å². The molecule has 0 radical (unpaired) electrons. The summed E-state index contributed by atoms with van der Waals surface area (Å²) in [4.78, 5) is 9.61. The third-order valence-electron chi connectivity index (χ3n) is 2.49. The van der Waals surface area contributed by atoms with Gasteiger partial charge in [-0.25, -0.2) is 18.4 Å². The van der Waals surface area contributed by atoms with E-state index in [4.69, 9.17) is 11.6 Å². The number of anilines is 2. The number of aromatic nitrogens is 2. The summed E-state index contributed by atoms with van der Waals surface area (Å²) in [5, 5.41) is 0.247. The second kappa shape index (κ2) is 6.17. The first-order valence-corrected chi connectivity index (χ1v) is 8.42. The van der Waals surface area contributed by atoms with E-state index in [1.54, 1.807) is 31.1 Å². The standard InChI is InChI=1S/C12H12BrClN4O2S/c1-18(2)12-10(5-8(14)7-16-12)21(19,20)17-9-3-4-15-11(13)6-9/h3-7H,1-2H3,(H,15,17). The minimum Gasteiger partial charge on any atom is -0.362 e. The molecule has 0 spiro atoms. The third-order valence-corrected chi connectivity index (χ3v) is 4.52. The Kier molecular flexibility index (Phi) is 4.70. The molecular formula is C12H12BrClN4O2S. The van der Waals surface area contributed by atoms with Crippen molar-refractivity contribution in [3.8, 4) is 0 Å². The van der Waals surface area contributed by atoms with Gasteiger partial charge in [-0.3, -0.25) is 4.72 Å². The van der Waals surface area contributed by atoms with Crippen LogP contribution in [0.5, 0.6) is 0 Å². The van der Waals surface area contributed by atoms with Gasteiger partial charge in [0.05, 0.1) is 10.7 Å². The van der Waals surface area contributed by atoms with Crippen molar-refractivity contribution in [2.75, 3.05) is 23.7 Å². The van der Waals surface area contributed by atoms with Gasteiger partial charge in [-0.2, -0.15) is 0 Å². The highest BCUT2D eigenvalue weighted by Gasteiger charge is 2.22. The van der Waals surface area contributed by atoms with Crippen molar-refractivity contribution in [2.24, 2.45) is 0 Å². The molecular weight excluding hydrogens is 380 g/mol. The van der Waals surface area contributed by atoms with E-state index in [2.05, 4.69) is 30.6 Å². The predicted octanol–water partition coefficient (Wildman–Crippen LogP) is 2.76. The van der Waals surface area contributed by atoms with E-state index in [1.165, 1.54) is 18.5 Å². The van der Waals surface area contributed by atoms with Crippen LogP contribution in [0.1, 0.15) is 0 Å². The first-order chi connectivity index (χ1) is 9.79. The maximum atomic E-state index is 12.5. The van der Waals surface area contributed by atoms with Crippen LogP contribution in [0.2, 0.25) is 5.02 Å². The molecule has 2 heterocycles. The summed E-state index contributed by atoms with van der Waals surface area (Å²) in [7, 11) is -0.402. The minimum atomic E-state index is -3.82. The largest absolute Gasteiger partial charge is 0.362 e. The molecule has 2 rings (SSSR count). The van der Waals surface area contributed by atoms with E-state index in [-0.39, 0.29) is 9.92 Å². The van der Waals surface area contributed by atoms with Gasteiger partial charge in [0.15, 0.2) is 0 Å². The Bertz CT molecular complexity index is 768. The second-order valence-electron chi connectivity index (χ2n) is 4.34. The molecule has 2 aromatic heterocycles. The van der Waals surface area contributed by atoms with Crippen LogP contribution >= 0.6 is 27.5 Å². The lowest BCUT2D eigenvalue weighted by atomic mass is 10.4. The predicted molar refractivity (Wildman–Crippen MR) is 86.3 cm³/mol. The Morgan fingerprint density at radius 2 is 2.00 bits per heavy atom. The molecule has 0 unspecified atom stereocenters. The zero-order valence-corrected chi connectivity index (χ0v) is 14.4. The van der Waals surface area contributed by atoms with Crippen LogP contribution in [0, 0.1) is 0 Å². The van der Waals surface area contributed by atoms with Gasteiger partial charge < -0.3 is 4.90 Å². The van der Waals surface area contributed by atoms with Gasteiger partial charge >= 0.3 is 0 Å². The summed E-state index contributed by atoms with van der Waals surface area (Å²) in [5.74, 6) is 0.306. The molecule has 0 fully saturated rings. The molecule has 0 aliphatic carbocycles. The number of hydrogen-bond acceptors (Lipinski definition) is 5. The van der Waals surface area contributed by atoms with E-state index in [9.17, 15) is 8.42 Å². The van der Waals surface area contributed by atoms with Gasteiger partial charge in [-0.05, 0) is 34.1 Å². The molecule has 6 nitrogen and oxygen atoms in total. The highest BCUT2D eigenvalue weighted by molar-refractivity contribution is 9.10. The number of nitrogens with one attached hydrogen (secondary N) is 1. The van der Waals surface area contributed by atoms with Crippen molar-refractivity contribution in [1.29, 1.82) is 0 Å². The van der Waals surface area contributed by atoms with Crippen LogP contribution in [-0.4, -0.2) is 32.5 Å². The molecule has 0 atom stereocenters. The molecule has 0 aromatic carbocycles. The van der Waals surface area contributed by atoms with Crippen LogP contribution in [0.25, 0.3) is 0 Å². The van der Waals surface area contributed by atoms with E-state index in [0.717, 1.165) is 0 Å². The van der Waals surface area contributed by atoms with E-state index in [0.29, 0.717) is 16.1 Å². The Morgan fingerprint density at radius 3 is 2.62 bits per heavy atom. The summed E-state index contributed by atoms with van der Waals surface area (Å²) in [6, 6.07) is 4.48. The third kappa shape index (κ3) is 3.84. The lowest BCUT2D eigenvalue weighted by Gasteiger charge is -2.17. The summed E-state index contributed by atoms with van der Waals surface area (Å²) in [6.45, 7) is 0. The molecule has 0 saturated carbocycles. The topological polar surface area (TPSA) is 75.2 Å². The average molecular weight is 392 g/mol. The molecule has 2 aromatic rings. The lowest BCUT2D eigenvalue weighted by Crippen LogP contribution is -2.20. The molecule has 112 valence electrons. The Labute approximate surface area is 136 Å². The smallest absolute Gasteiger partial charge is 0.265 e. The summed E-state index contributed by atoms with van der Waals surface area (Å²) in [5.41, 5.74) is 0.390. The van der Waals surface area contributed by atoms with Crippen molar-refractivity contribution in [1.82, 2.24) is 9.97 Å². The van der Waals surface area contributed by atoms with Crippen LogP contribution in [-0.2, 0) is 10.0 Å². The Hall–Kier alpha value is -1.38. The van der Waals surface area contributed by atoms with Gasteiger partial charge in [0.1, 0.15) is 15.3 Å². The summed E-state index contributed by atoms with van der Waals surface area (Å²) in [6.07, 6.45) is 2.89. The minimum absolute atomic E-state index is 0.00735. The first-order valence-electron chi connectivity index (χ1n) is 5.77. The van der Waals surface area contributed by atoms with Crippen LogP contribution in [0.15, 0.2) is 40.1 Å². The van der Waals surface area contributed by atoms with Gasteiger partial charge in [-0.1, -0.05) is 11.6 Å². The first kappa shape index (κ1) is 16.0. The number of sulfonamides is 1. The number of rotatable bonds is 4. The van der Waals surface area contributed by atoms with Crippen molar-refractivity contribution in [3.05, 3.63) is 40.2 Å². The fourth-order valence-corrected chi connectivity index (χ4v) is 3.52. The zero-order chi connectivity index (χ0) is 15.6. The van der Waals surface area contributed by atoms with Crippen LogP contribution in [0.4, 0.5) is 11.5 Å². The lowest BCUT2D eigenvalue weighted by molar-refractivity contribution is 0.600. The van der Waals surface area contributed by atoms with Crippen molar-refractivity contribution >= 4 is 49.1 Å². The molecule has 9 heteroatoms. The number of pyridine rings is 2. The maximum absolute atomic E-state index is 12.5. The van der Waals surface area contributed by atoms with Gasteiger partial charge in [0.25, 0.3) is 10.0 Å². The van der Waals surface area contributed by atoms with Gasteiger partial charge in [0, 0.05) is 26.5 Å². The highest BCUT2D eigenvalue weighted by atomic mass is 79.9. The average Bonchev–Trinajstić information content (AvgIpc) is 2.37. The quantitative estimate of drug-likeness (QED) is 0.811.